The average Bonchev–Trinajstić information content (AvgIpc) is 3.51. The molecule has 1 aromatic carbocycles. The number of hydrogen-bond donors (Lipinski definition) is 0. The number of aryl methyl sites for hydroxylation is 1. The molecular formula is C24H26N4O3S. The highest BCUT2D eigenvalue weighted by Crippen LogP contribution is 2.41. The van der Waals surface area contributed by atoms with Crippen molar-refractivity contribution in [3.05, 3.63) is 58.4 Å². The summed E-state index contributed by atoms with van der Waals surface area (Å²) in [5.41, 5.74) is 5.49. The van der Waals surface area contributed by atoms with Gasteiger partial charge in [0.25, 0.3) is 5.91 Å². The van der Waals surface area contributed by atoms with Gasteiger partial charge in [0.1, 0.15) is 0 Å². The molecule has 7 nitrogen and oxygen atoms in total. The Morgan fingerprint density at radius 3 is 2.62 bits per heavy atom. The van der Waals surface area contributed by atoms with E-state index in [2.05, 4.69) is 12.1 Å². The average molecular weight is 451 g/mol. The molecule has 4 heterocycles. The highest BCUT2D eigenvalue weighted by molar-refractivity contribution is 7.91. The summed E-state index contributed by atoms with van der Waals surface area (Å²) in [6, 6.07) is 10.0. The smallest absolute Gasteiger partial charge is 0.255 e. The first kappa shape index (κ1) is 19.9. The van der Waals surface area contributed by atoms with Crippen LogP contribution < -0.4 is 0 Å². The summed E-state index contributed by atoms with van der Waals surface area (Å²) >= 11 is 0. The molecular weight excluding hydrogens is 424 g/mol. The third kappa shape index (κ3) is 3.32. The highest BCUT2D eigenvalue weighted by Gasteiger charge is 2.35. The molecule has 3 aromatic rings. The fourth-order valence-corrected chi connectivity index (χ4v) is 6.84. The Balaban J connectivity index is 1.45. The number of nitrogens with zero attached hydrogens (tertiary/aromatic N) is 4. The molecule has 8 heteroatoms. The molecule has 0 N–H and O–H groups in total. The first-order valence-electron chi connectivity index (χ1n) is 11.4. The summed E-state index contributed by atoms with van der Waals surface area (Å²) in [7, 11) is -3.05. The molecule has 6 rings (SSSR count). The molecule has 0 spiro atoms. The van der Waals surface area contributed by atoms with Gasteiger partial charge in [0.15, 0.2) is 15.5 Å². The minimum atomic E-state index is -3.05. The molecule has 2 aliphatic heterocycles. The molecule has 0 radical (unpaired) electrons. The molecule has 0 bridgehead atoms. The van der Waals surface area contributed by atoms with Crippen molar-refractivity contribution in [2.45, 2.75) is 51.1 Å². The van der Waals surface area contributed by atoms with Crippen molar-refractivity contribution in [2.75, 3.05) is 18.1 Å². The lowest BCUT2D eigenvalue weighted by Crippen LogP contribution is -2.36. The normalized spacial score (nSPS) is 22.3. The zero-order chi connectivity index (χ0) is 22.0. The summed E-state index contributed by atoms with van der Waals surface area (Å²) in [6.07, 6.45) is 3.55. The Bertz CT molecular complexity index is 1360. The van der Waals surface area contributed by atoms with Crippen molar-refractivity contribution in [3.63, 3.8) is 0 Å². The molecule has 3 aliphatic rings. The fourth-order valence-electron chi connectivity index (χ4n) is 5.15. The maximum Gasteiger partial charge on any atom is 0.255 e. The van der Waals surface area contributed by atoms with E-state index in [1.807, 2.05) is 30.0 Å². The molecule has 32 heavy (non-hydrogen) atoms. The molecule has 2 aromatic heterocycles. The van der Waals surface area contributed by atoms with Crippen molar-refractivity contribution in [2.24, 2.45) is 0 Å². The molecule has 2 fully saturated rings. The first-order chi connectivity index (χ1) is 15.4. The third-order valence-corrected chi connectivity index (χ3v) is 8.81. The predicted octanol–water partition coefficient (Wildman–Crippen LogP) is 3.18. The van der Waals surface area contributed by atoms with Gasteiger partial charge in [-0.2, -0.15) is 5.10 Å². The molecule has 1 saturated carbocycles. The number of fused-ring (bicyclic) bond motifs is 2. The van der Waals surface area contributed by atoms with Gasteiger partial charge in [-0.15, -0.1) is 0 Å². The zero-order valence-electron chi connectivity index (χ0n) is 18.1. The zero-order valence-corrected chi connectivity index (χ0v) is 18.9. The Labute approximate surface area is 187 Å². The van der Waals surface area contributed by atoms with Gasteiger partial charge in [-0.3, -0.25) is 4.79 Å². The second kappa shape index (κ2) is 7.13. The molecule has 1 aliphatic carbocycles. The van der Waals surface area contributed by atoms with Crippen LogP contribution in [0.25, 0.3) is 11.0 Å². The van der Waals surface area contributed by atoms with Crippen LogP contribution in [0.5, 0.6) is 0 Å². The van der Waals surface area contributed by atoms with E-state index in [0.29, 0.717) is 36.6 Å². The van der Waals surface area contributed by atoms with Crippen LogP contribution in [-0.2, 0) is 22.8 Å². The Kier molecular flexibility index (Phi) is 4.44. The first-order valence-corrected chi connectivity index (χ1v) is 13.2. The van der Waals surface area contributed by atoms with Gasteiger partial charge in [-0.1, -0.05) is 24.3 Å². The topological polar surface area (TPSA) is 85.2 Å². The van der Waals surface area contributed by atoms with Crippen LogP contribution in [0.2, 0.25) is 0 Å². The minimum Gasteiger partial charge on any atom is -0.334 e. The number of rotatable bonds is 3. The number of sulfone groups is 1. The van der Waals surface area contributed by atoms with Gasteiger partial charge in [-0.25, -0.2) is 18.1 Å². The lowest BCUT2D eigenvalue weighted by Gasteiger charge is -2.29. The SMILES string of the molecule is Cc1nn([C@H]2CCS(=O)(=O)C2)c2nc(C3CC3)cc(C(=O)N3CCc4ccccc4C3)c12. The number of amides is 1. The van der Waals surface area contributed by atoms with Crippen LogP contribution in [0, 0.1) is 6.92 Å². The van der Waals surface area contributed by atoms with Crippen LogP contribution in [0.3, 0.4) is 0 Å². The largest absolute Gasteiger partial charge is 0.334 e. The quantitative estimate of drug-likeness (QED) is 0.612. The van der Waals surface area contributed by atoms with Crippen LogP contribution in [0.15, 0.2) is 30.3 Å². The summed E-state index contributed by atoms with van der Waals surface area (Å²) < 4.78 is 26.0. The van der Waals surface area contributed by atoms with Crippen LogP contribution >= 0.6 is 0 Å². The van der Waals surface area contributed by atoms with Gasteiger partial charge < -0.3 is 4.90 Å². The van der Waals surface area contributed by atoms with Gasteiger partial charge in [0.2, 0.25) is 0 Å². The molecule has 1 saturated heterocycles. The van der Waals surface area contributed by atoms with E-state index in [-0.39, 0.29) is 23.5 Å². The Morgan fingerprint density at radius 1 is 1.12 bits per heavy atom. The van der Waals surface area contributed by atoms with E-state index in [9.17, 15) is 13.2 Å². The van der Waals surface area contributed by atoms with E-state index in [4.69, 9.17) is 10.1 Å². The van der Waals surface area contributed by atoms with E-state index in [0.717, 1.165) is 36.0 Å². The van der Waals surface area contributed by atoms with Gasteiger partial charge in [-0.05, 0) is 49.8 Å². The standard InChI is InChI=1S/C24H26N4O3S/c1-15-22-20(24(29)27-10-8-16-4-2-3-5-18(16)13-27)12-21(17-6-7-17)25-23(22)28(26-15)19-9-11-32(30,31)14-19/h2-5,12,17,19H,6-11,13-14H2,1H3/t19-/m0/s1. The number of aromatic nitrogens is 3. The Morgan fingerprint density at radius 2 is 1.91 bits per heavy atom. The number of carbonyl (C=O) groups excluding carboxylic acids is 1. The maximum absolute atomic E-state index is 13.8. The Hall–Kier alpha value is -2.74. The summed E-state index contributed by atoms with van der Waals surface area (Å²) in [4.78, 5) is 20.6. The summed E-state index contributed by atoms with van der Waals surface area (Å²) in [5.74, 6) is 0.656. The van der Waals surface area contributed by atoms with Crippen molar-refractivity contribution in [1.29, 1.82) is 0 Å². The van der Waals surface area contributed by atoms with Crippen LogP contribution in [0.4, 0.5) is 0 Å². The van der Waals surface area contributed by atoms with Crippen LogP contribution in [-0.4, -0.2) is 52.0 Å². The lowest BCUT2D eigenvalue weighted by atomic mass is 9.98. The van der Waals surface area contributed by atoms with Gasteiger partial charge in [0.05, 0.1) is 34.2 Å². The van der Waals surface area contributed by atoms with E-state index >= 15 is 0 Å². The lowest BCUT2D eigenvalue weighted by molar-refractivity contribution is 0.0736. The van der Waals surface area contributed by atoms with Crippen LogP contribution in [0.1, 0.15) is 64.1 Å². The van der Waals surface area contributed by atoms with Gasteiger partial charge in [0, 0.05) is 24.7 Å². The van der Waals surface area contributed by atoms with E-state index in [1.54, 1.807) is 4.68 Å². The molecule has 1 atom stereocenters. The molecule has 166 valence electrons. The number of hydrogen-bond acceptors (Lipinski definition) is 5. The number of benzene rings is 1. The molecule has 0 unspecified atom stereocenters. The molecule has 1 amide bonds. The number of carbonyl (C=O) groups is 1. The monoisotopic (exact) mass is 450 g/mol. The predicted molar refractivity (Wildman–Crippen MR) is 121 cm³/mol. The van der Waals surface area contributed by atoms with Crippen molar-refractivity contribution >= 4 is 26.8 Å². The van der Waals surface area contributed by atoms with Crippen molar-refractivity contribution in [3.8, 4) is 0 Å². The highest BCUT2D eigenvalue weighted by atomic mass is 32.2. The van der Waals surface area contributed by atoms with Gasteiger partial charge >= 0.3 is 0 Å². The van der Waals surface area contributed by atoms with Crippen molar-refractivity contribution in [1.82, 2.24) is 19.7 Å². The fraction of sp³-hybridized carbons (Fsp3) is 0.458. The third-order valence-electron chi connectivity index (χ3n) is 7.05. The second-order valence-corrected chi connectivity index (χ2v) is 11.6. The second-order valence-electron chi connectivity index (χ2n) is 9.40. The van der Waals surface area contributed by atoms with Crippen molar-refractivity contribution < 1.29 is 13.2 Å². The van der Waals surface area contributed by atoms with E-state index < -0.39 is 9.84 Å². The summed E-state index contributed by atoms with van der Waals surface area (Å²) in [6.45, 7) is 3.18. The summed E-state index contributed by atoms with van der Waals surface area (Å²) in [5, 5.41) is 5.47. The minimum absolute atomic E-state index is 0.00972. The number of pyridine rings is 1. The van der Waals surface area contributed by atoms with E-state index in [1.165, 1.54) is 11.1 Å². The maximum atomic E-state index is 13.8.